The molecule has 0 saturated carbocycles. The van der Waals surface area contributed by atoms with Gasteiger partial charge in [-0.3, -0.25) is 14.1 Å². The first kappa shape index (κ1) is 22.7. The minimum absolute atomic E-state index is 0.127. The Morgan fingerprint density at radius 1 is 0.585 bits per heavy atom. The Hall–Kier alpha value is -7.04. The van der Waals surface area contributed by atoms with Crippen molar-refractivity contribution in [1.29, 1.82) is 0 Å². The number of hydrogen-bond donors (Lipinski definition) is 0. The molecule has 4 heteroatoms. The minimum atomic E-state index is -0.564. The molecule has 7 aromatic carbocycles. The summed E-state index contributed by atoms with van der Waals surface area (Å²) in [4.78, 5) is 4.78. The lowest BCUT2D eigenvalue weighted by atomic mass is 9.95. The van der Waals surface area contributed by atoms with Crippen LogP contribution in [0.2, 0.25) is 0 Å². The molecular weight excluding hydrogens is 647 g/mol. The summed E-state index contributed by atoms with van der Waals surface area (Å²) >= 11 is 0. The second-order valence-corrected chi connectivity index (χ2v) is 12.3. The van der Waals surface area contributed by atoms with E-state index in [0.29, 0.717) is 28.2 Å². The first-order valence-corrected chi connectivity index (χ1v) is 17.0. The Morgan fingerprint density at radius 3 is 1.92 bits per heavy atom. The Morgan fingerprint density at radius 2 is 1.21 bits per heavy atom. The number of para-hydroxylation sites is 3. The predicted octanol–water partition coefficient (Wildman–Crippen LogP) is 11.9. The van der Waals surface area contributed by atoms with Crippen molar-refractivity contribution >= 4 is 11.0 Å². The fraction of sp³-hybridized carbons (Fsp3) is 0.0204. The molecule has 2 heterocycles. The van der Waals surface area contributed by atoms with E-state index in [-0.39, 0.29) is 27.9 Å². The zero-order chi connectivity index (χ0) is 44.3. The minimum Gasteiger partial charge on any atom is -0.458 e. The number of pyridine rings is 1. The van der Waals surface area contributed by atoms with E-state index in [1.54, 1.807) is 27.3 Å². The Balaban J connectivity index is 1.18. The number of imidazole rings is 1. The van der Waals surface area contributed by atoms with Gasteiger partial charge in [0.2, 0.25) is 0 Å². The Labute approximate surface area is 323 Å². The molecule has 0 amide bonds. The number of ether oxygens (including phenoxy) is 1. The standard InChI is InChI=1S/C49H35N3O/c1-35-30-46(50-33-45(35)38-20-9-4-10-21-38)39-22-13-24-41(31-39)53-42-25-14-23-40(32-42)51-34-52(48-29-12-11-28-47(48)51)49-43(36-16-5-2-6-17-36)26-15-27-44(49)37-18-7-3-8-19-37/h2-33H,1H3/i2D,3D,5D,6D,7D,8D,16D,17D,18D,19D. The van der Waals surface area contributed by atoms with Gasteiger partial charge in [0.15, 0.2) is 0 Å². The van der Waals surface area contributed by atoms with E-state index in [4.69, 9.17) is 23.4 Å². The molecule has 0 unspecified atom stereocenters. The Kier molecular flexibility index (Phi) is 5.97. The third-order valence-electron chi connectivity index (χ3n) is 9.00. The largest absolute Gasteiger partial charge is 0.458 e. The summed E-state index contributed by atoms with van der Waals surface area (Å²) in [6.07, 6.45) is 5.29. The van der Waals surface area contributed by atoms with Crippen LogP contribution in [0.15, 0.2) is 194 Å². The molecule has 53 heavy (non-hydrogen) atoms. The van der Waals surface area contributed by atoms with Crippen LogP contribution < -0.4 is 9.30 Å². The highest BCUT2D eigenvalue weighted by Gasteiger charge is 2.19. The van der Waals surface area contributed by atoms with Gasteiger partial charge in [-0.1, -0.05) is 151 Å². The fourth-order valence-electron chi connectivity index (χ4n) is 6.55. The highest BCUT2D eigenvalue weighted by Crippen LogP contribution is 2.35. The monoisotopic (exact) mass is 691 g/mol. The zero-order valence-corrected chi connectivity index (χ0v) is 28.5. The molecule has 0 fully saturated rings. The van der Waals surface area contributed by atoms with Crippen LogP contribution in [0.25, 0.3) is 67.0 Å². The molecule has 4 nitrogen and oxygen atoms in total. The van der Waals surface area contributed by atoms with Gasteiger partial charge >= 0.3 is 0 Å². The normalized spacial score (nSPS) is 13.8. The van der Waals surface area contributed by atoms with Gasteiger partial charge in [0, 0.05) is 17.3 Å². The number of rotatable bonds is 8. The van der Waals surface area contributed by atoms with Crippen molar-refractivity contribution in [2.24, 2.45) is 0 Å². The molecule has 0 atom stereocenters. The molecule has 0 N–H and O–H groups in total. The highest BCUT2D eigenvalue weighted by atomic mass is 16.5. The molecular formula is C49H35N3O. The SMILES string of the molecule is [2H]c1c([2H])c([2H])c(-c2cccc(-c3c([2H])c([2H])c([2H])c([2H])c3[2H])c2-[n+]2[c-]n(-c3cccc(Oc4cccc(-c5cc(C)c(-c6ccccc6)cn5)c4)c3)c3ccccc32)c([2H])c1[2H]. The summed E-state index contributed by atoms with van der Waals surface area (Å²) in [5, 5.41) is 0. The molecule has 0 aliphatic heterocycles. The lowest BCUT2D eigenvalue weighted by molar-refractivity contribution is -0.571. The van der Waals surface area contributed by atoms with Gasteiger partial charge < -0.3 is 4.74 Å². The highest BCUT2D eigenvalue weighted by molar-refractivity contribution is 5.84. The second-order valence-electron chi connectivity index (χ2n) is 12.3. The number of fused-ring (bicyclic) bond motifs is 1. The molecule has 0 aliphatic rings. The number of aromatic nitrogens is 3. The summed E-state index contributed by atoms with van der Waals surface area (Å²) in [6.45, 7) is 2.07. The molecule has 2 aromatic heterocycles. The molecule has 0 radical (unpaired) electrons. The van der Waals surface area contributed by atoms with Gasteiger partial charge in [0.1, 0.15) is 11.5 Å². The van der Waals surface area contributed by atoms with Crippen molar-refractivity contribution in [3.8, 4) is 67.5 Å². The van der Waals surface area contributed by atoms with E-state index >= 15 is 0 Å². The fourth-order valence-corrected chi connectivity index (χ4v) is 6.55. The first-order chi connectivity index (χ1) is 30.3. The number of nitrogens with zero attached hydrogens (tertiary/aromatic N) is 3. The second kappa shape index (κ2) is 13.9. The van der Waals surface area contributed by atoms with Crippen LogP contribution in [0.5, 0.6) is 11.5 Å². The maximum Gasteiger partial charge on any atom is 0.269 e. The smallest absolute Gasteiger partial charge is 0.269 e. The van der Waals surface area contributed by atoms with E-state index in [9.17, 15) is 0 Å². The van der Waals surface area contributed by atoms with Gasteiger partial charge in [-0.25, -0.2) is 0 Å². The summed E-state index contributed by atoms with van der Waals surface area (Å²) < 4.78 is 96.2. The van der Waals surface area contributed by atoms with E-state index in [0.717, 1.165) is 27.9 Å². The molecule has 252 valence electrons. The van der Waals surface area contributed by atoms with Gasteiger partial charge in [-0.05, 0) is 76.7 Å². The third-order valence-corrected chi connectivity index (χ3v) is 9.00. The third kappa shape index (κ3) is 6.28. The van der Waals surface area contributed by atoms with Crippen molar-refractivity contribution < 1.29 is 23.0 Å². The van der Waals surface area contributed by atoms with Crippen molar-refractivity contribution in [2.45, 2.75) is 6.92 Å². The van der Waals surface area contributed by atoms with Crippen molar-refractivity contribution in [2.75, 3.05) is 0 Å². The quantitative estimate of drug-likeness (QED) is 0.117. The average molecular weight is 692 g/mol. The molecule has 0 bridgehead atoms. The maximum absolute atomic E-state index is 8.95. The van der Waals surface area contributed by atoms with Crippen LogP contribution in [0.3, 0.4) is 0 Å². The summed E-state index contributed by atoms with van der Waals surface area (Å²) in [6, 6.07) is 34.2. The molecule has 9 rings (SSSR count). The lowest BCUT2D eigenvalue weighted by Gasteiger charge is -2.17. The van der Waals surface area contributed by atoms with Crippen LogP contribution in [-0.2, 0) is 0 Å². The average Bonchev–Trinajstić information content (AvgIpc) is 3.69. The van der Waals surface area contributed by atoms with Crippen molar-refractivity contribution in [3.63, 3.8) is 0 Å². The summed E-state index contributed by atoms with van der Waals surface area (Å²) in [5.74, 6) is 1.11. The molecule has 0 spiro atoms. The zero-order valence-electron chi connectivity index (χ0n) is 38.5. The number of benzene rings is 7. The number of aryl methyl sites for hydroxylation is 1. The van der Waals surface area contributed by atoms with Crippen LogP contribution in [0.4, 0.5) is 0 Å². The predicted molar refractivity (Wildman–Crippen MR) is 214 cm³/mol. The van der Waals surface area contributed by atoms with Gasteiger partial charge in [0.05, 0.1) is 41.8 Å². The summed E-state index contributed by atoms with van der Waals surface area (Å²) in [5.41, 5.74) is 7.04. The van der Waals surface area contributed by atoms with E-state index in [2.05, 4.69) is 31.5 Å². The van der Waals surface area contributed by atoms with E-state index in [1.165, 1.54) is 0 Å². The summed E-state index contributed by atoms with van der Waals surface area (Å²) in [7, 11) is 0. The van der Waals surface area contributed by atoms with Crippen LogP contribution in [0.1, 0.15) is 19.3 Å². The van der Waals surface area contributed by atoms with E-state index < -0.39 is 60.4 Å². The molecule has 0 aliphatic carbocycles. The number of hydrogen-bond acceptors (Lipinski definition) is 2. The topological polar surface area (TPSA) is 30.9 Å². The van der Waals surface area contributed by atoms with Crippen molar-refractivity contribution in [1.82, 2.24) is 9.55 Å². The van der Waals surface area contributed by atoms with E-state index in [1.807, 2.05) is 97.2 Å². The molecule has 9 aromatic rings. The van der Waals surface area contributed by atoms with Crippen LogP contribution in [-0.4, -0.2) is 9.55 Å². The maximum atomic E-state index is 8.95. The Bertz CT molecular complexity index is 3150. The van der Waals surface area contributed by atoms with Crippen LogP contribution in [0, 0.1) is 13.3 Å². The van der Waals surface area contributed by atoms with Gasteiger partial charge in [0.25, 0.3) is 6.33 Å². The van der Waals surface area contributed by atoms with Crippen molar-refractivity contribution in [3.05, 3.63) is 206 Å². The van der Waals surface area contributed by atoms with Gasteiger partial charge in [-0.2, -0.15) is 0 Å². The first-order valence-electron chi connectivity index (χ1n) is 22.0. The van der Waals surface area contributed by atoms with Crippen LogP contribution >= 0.6 is 0 Å². The van der Waals surface area contributed by atoms with Gasteiger partial charge in [-0.15, -0.1) is 0 Å². The lowest BCUT2D eigenvalue weighted by Crippen LogP contribution is -2.31. The molecule has 0 saturated heterocycles.